The second-order valence-corrected chi connectivity index (χ2v) is 1.75. The van der Waals surface area contributed by atoms with Gasteiger partial charge in [0.05, 0.1) is 0 Å². The van der Waals surface area contributed by atoms with E-state index in [0.29, 0.717) is 0 Å². The monoisotopic (exact) mass is 127 g/mol. The summed E-state index contributed by atoms with van der Waals surface area (Å²) in [5.74, 6) is 0.922. The van der Waals surface area contributed by atoms with E-state index >= 15 is 0 Å². The van der Waals surface area contributed by atoms with Crippen molar-refractivity contribution in [1.82, 2.24) is 0 Å². The highest BCUT2D eigenvalue weighted by Gasteiger charge is 1.84. The zero-order chi connectivity index (χ0) is 5.82. The minimum atomic E-state index is 0.922. The Morgan fingerprint density at radius 1 is 1.12 bits per heavy atom. The maximum atomic E-state index is 4.94. The normalized spacial score (nSPS) is 9.00. The van der Waals surface area contributed by atoms with Crippen LogP contribution in [0.15, 0.2) is 30.3 Å². The second kappa shape index (κ2) is 2.68. The van der Waals surface area contributed by atoms with Crippen LogP contribution in [-0.2, 0) is 0 Å². The van der Waals surface area contributed by atoms with Crippen LogP contribution in [0.25, 0.3) is 0 Å². The SMILES string of the molecule is [PH3+]Oc1ccccc1. The van der Waals surface area contributed by atoms with E-state index in [-0.39, 0.29) is 0 Å². The molecule has 0 spiro atoms. The Balaban J connectivity index is 2.83. The maximum Gasteiger partial charge on any atom is 0.172 e. The van der Waals surface area contributed by atoms with E-state index in [2.05, 4.69) is 0 Å². The van der Waals surface area contributed by atoms with Crippen LogP contribution in [-0.4, -0.2) is 0 Å². The van der Waals surface area contributed by atoms with Crippen molar-refractivity contribution in [2.45, 2.75) is 0 Å². The molecule has 0 fully saturated rings. The summed E-state index contributed by atoms with van der Waals surface area (Å²) in [5, 5.41) is 0. The molecule has 0 radical (unpaired) electrons. The molecule has 0 heterocycles. The first-order valence-corrected chi connectivity index (χ1v) is 2.98. The summed E-state index contributed by atoms with van der Waals surface area (Å²) in [6.07, 6.45) is 0. The van der Waals surface area contributed by atoms with Crippen molar-refractivity contribution >= 4 is 9.47 Å². The molecule has 0 saturated heterocycles. The molecular weight excluding hydrogens is 119 g/mol. The lowest BCUT2D eigenvalue weighted by Gasteiger charge is -1.87. The molecule has 2 heteroatoms. The van der Waals surface area contributed by atoms with E-state index in [1.165, 1.54) is 9.47 Å². The molecule has 1 aromatic carbocycles. The third kappa shape index (κ3) is 1.21. The molecule has 1 aromatic rings. The van der Waals surface area contributed by atoms with Crippen LogP contribution in [0, 0.1) is 0 Å². The highest BCUT2D eigenvalue weighted by Crippen LogP contribution is 2.09. The van der Waals surface area contributed by atoms with Gasteiger partial charge in [0, 0.05) is 0 Å². The smallest absolute Gasteiger partial charge is 0.172 e. The molecule has 0 aromatic heterocycles. The summed E-state index contributed by atoms with van der Waals surface area (Å²) in [6.45, 7) is 0. The zero-order valence-electron chi connectivity index (χ0n) is 4.50. The summed E-state index contributed by atoms with van der Waals surface area (Å²) in [4.78, 5) is 0. The zero-order valence-corrected chi connectivity index (χ0v) is 5.92. The van der Waals surface area contributed by atoms with Crippen molar-refractivity contribution in [3.8, 4) is 5.75 Å². The predicted octanol–water partition coefficient (Wildman–Crippen LogP) is 1.59. The molecule has 1 atom stereocenters. The third-order valence-electron chi connectivity index (χ3n) is 0.910. The molecule has 0 amide bonds. The summed E-state index contributed by atoms with van der Waals surface area (Å²) < 4.78 is 4.94. The summed E-state index contributed by atoms with van der Waals surface area (Å²) in [7, 11) is 1.48. The van der Waals surface area contributed by atoms with Crippen molar-refractivity contribution in [3.63, 3.8) is 0 Å². The Kier molecular flexibility index (Phi) is 1.87. The Morgan fingerprint density at radius 2 is 1.75 bits per heavy atom. The summed E-state index contributed by atoms with van der Waals surface area (Å²) in [5.41, 5.74) is 0. The molecule has 0 N–H and O–H groups in total. The number of hydrogen-bond donors (Lipinski definition) is 0. The lowest BCUT2D eigenvalue weighted by Crippen LogP contribution is -1.68. The number of para-hydroxylation sites is 1. The van der Waals surface area contributed by atoms with Crippen LogP contribution < -0.4 is 4.52 Å². The molecule has 42 valence electrons. The molecule has 0 aliphatic carbocycles. The van der Waals surface area contributed by atoms with Crippen LogP contribution in [0.1, 0.15) is 0 Å². The van der Waals surface area contributed by atoms with E-state index < -0.39 is 0 Å². The van der Waals surface area contributed by atoms with Gasteiger partial charge in [0.25, 0.3) is 0 Å². The van der Waals surface area contributed by atoms with Crippen LogP contribution >= 0.6 is 9.47 Å². The minimum Gasteiger partial charge on any atom is -0.358 e. The summed E-state index contributed by atoms with van der Waals surface area (Å²) >= 11 is 0. The highest BCUT2D eigenvalue weighted by atomic mass is 31.0. The van der Waals surface area contributed by atoms with Crippen molar-refractivity contribution in [2.75, 3.05) is 0 Å². The van der Waals surface area contributed by atoms with Crippen LogP contribution in [0.5, 0.6) is 5.75 Å². The van der Waals surface area contributed by atoms with Gasteiger partial charge in [0.15, 0.2) is 15.2 Å². The molecule has 1 unspecified atom stereocenters. The minimum absolute atomic E-state index is 0.922. The molecule has 0 aliphatic heterocycles. The van der Waals surface area contributed by atoms with Gasteiger partial charge in [-0.15, -0.1) is 0 Å². The number of rotatable bonds is 1. The van der Waals surface area contributed by atoms with Crippen LogP contribution in [0.3, 0.4) is 0 Å². The predicted molar refractivity (Wildman–Crippen MR) is 38.2 cm³/mol. The van der Waals surface area contributed by atoms with E-state index in [4.69, 9.17) is 4.52 Å². The fraction of sp³-hybridized carbons (Fsp3) is 0. The first-order valence-electron chi connectivity index (χ1n) is 2.40. The van der Waals surface area contributed by atoms with Gasteiger partial charge in [-0.25, -0.2) is 0 Å². The molecule has 1 rings (SSSR count). The lowest BCUT2D eigenvalue weighted by molar-refractivity contribution is 0.646. The van der Waals surface area contributed by atoms with Crippen LogP contribution in [0.2, 0.25) is 0 Å². The van der Waals surface area contributed by atoms with Gasteiger partial charge < -0.3 is 4.52 Å². The van der Waals surface area contributed by atoms with Gasteiger partial charge in [-0.2, -0.15) is 0 Å². The largest absolute Gasteiger partial charge is 0.358 e. The molecule has 8 heavy (non-hydrogen) atoms. The van der Waals surface area contributed by atoms with E-state index in [1.54, 1.807) is 0 Å². The fourth-order valence-electron chi connectivity index (χ4n) is 0.517. The summed E-state index contributed by atoms with van der Waals surface area (Å²) in [6, 6.07) is 9.71. The Hall–Kier alpha value is -0.550. The average molecular weight is 127 g/mol. The topological polar surface area (TPSA) is 9.23 Å². The van der Waals surface area contributed by atoms with Crippen molar-refractivity contribution in [2.24, 2.45) is 0 Å². The van der Waals surface area contributed by atoms with Crippen molar-refractivity contribution < 1.29 is 4.52 Å². The molecular formula is C6H8OP+. The van der Waals surface area contributed by atoms with Crippen LogP contribution in [0.4, 0.5) is 0 Å². The van der Waals surface area contributed by atoms with Gasteiger partial charge in [-0.1, -0.05) is 18.2 Å². The molecule has 0 bridgehead atoms. The molecule has 0 saturated carbocycles. The fourth-order valence-corrected chi connectivity index (χ4v) is 0.709. The van der Waals surface area contributed by atoms with Crippen molar-refractivity contribution in [1.29, 1.82) is 0 Å². The van der Waals surface area contributed by atoms with Gasteiger partial charge >= 0.3 is 0 Å². The lowest BCUT2D eigenvalue weighted by atomic mass is 10.3. The quantitative estimate of drug-likeness (QED) is 0.520. The van der Waals surface area contributed by atoms with Crippen molar-refractivity contribution in [3.05, 3.63) is 30.3 Å². The first kappa shape index (κ1) is 5.58. The first-order chi connectivity index (χ1) is 3.93. The highest BCUT2D eigenvalue weighted by molar-refractivity contribution is 7.10. The number of benzene rings is 1. The van der Waals surface area contributed by atoms with E-state index in [1.807, 2.05) is 30.3 Å². The maximum absolute atomic E-state index is 4.94. The average Bonchev–Trinajstić information content (AvgIpc) is 1.90. The van der Waals surface area contributed by atoms with E-state index in [0.717, 1.165) is 5.75 Å². The van der Waals surface area contributed by atoms with Gasteiger partial charge in [-0.3, -0.25) is 0 Å². The third-order valence-corrected chi connectivity index (χ3v) is 1.24. The Labute approximate surface area is 51.0 Å². The Morgan fingerprint density at radius 3 is 2.12 bits per heavy atom. The number of hydrogen-bond acceptors (Lipinski definition) is 1. The Bertz CT molecular complexity index is 150. The van der Waals surface area contributed by atoms with Gasteiger partial charge in [-0.05, 0) is 12.1 Å². The molecule has 0 aliphatic rings. The standard InChI is InChI=1S/C6H8OP/c8-7-6-4-2-1-3-5-6/h1-5H,8H3/q+1. The van der Waals surface area contributed by atoms with Gasteiger partial charge in [0.1, 0.15) is 0 Å². The second-order valence-electron chi connectivity index (χ2n) is 1.46. The van der Waals surface area contributed by atoms with E-state index in [9.17, 15) is 0 Å². The molecule has 1 nitrogen and oxygen atoms in total. The van der Waals surface area contributed by atoms with Gasteiger partial charge in [0.2, 0.25) is 0 Å².